The zero-order valence-corrected chi connectivity index (χ0v) is 17.3. The quantitative estimate of drug-likeness (QED) is 0.179. The maximum atomic E-state index is 12.4. The first-order valence-corrected chi connectivity index (χ1v) is 9.46. The first kappa shape index (κ1) is 23.0. The first-order valence-electron chi connectivity index (χ1n) is 9.08. The molecule has 0 saturated carbocycles. The van der Waals surface area contributed by atoms with Crippen LogP contribution < -0.4 is 10.2 Å². The van der Waals surface area contributed by atoms with E-state index in [1.54, 1.807) is 0 Å². The molecule has 11 nitrogen and oxygen atoms in total. The molecule has 0 aromatic heterocycles. The summed E-state index contributed by atoms with van der Waals surface area (Å²) in [5.41, 5.74) is 2.10. The Morgan fingerprint density at radius 3 is 2.06 bits per heavy atom. The lowest BCUT2D eigenvalue weighted by molar-refractivity contribution is -0.385. The van der Waals surface area contributed by atoms with E-state index < -0.39 is 21.7 Å². The number of nitrogens with one attached hydrogen (secondary N) is 1. The van der Waals surface area contributed by atoms with Crippen LogP contribution in [0.3, 0.4) is 0 Å². The molecule has 1 amide bonds. The molecule has 3 aromatic carbocycles. The van der Waals surface area contributed by atoms with Gasteiger partial charge in [-0.25, -0.2) is 10.2 Å². The Morgan fingerprint density at radius 2 is 1.45 bits per heavy atom. The van der Waals surface area contributed by atoms with Gasteiger partial charge in [0.1, 0.15) is 5.75 Å². The van der Waals surface area contributed by atoms with Gasteiger partial charge in [-0.1, -0.05) is 11.6 Å². The Kier molecular flexibility index (Phi) is 7.06. The zero-order chi connectivity index (χ0) is 24.0. The number of nitrogens with zero attached hydrogens (tertiary/aromatic N) is 3. The monoisotopic (exact) mass is 468 g/mol. The third kappa shape index (κ3) is 5.95. The molecule has 0 atom stereocenters. The zero-order valence-electron chi connectivity index (χ0n) is 16.5. The van der Waals surface area contributed by atoms with Crippen molar-refractivity contribution in [2.45, 2.75) is 0 Å². The van der Waals surface area contributed by atoms with Crippen molar-refractivity contribution in [2.24, 2.45) is 5.10 Å². The molecule has 0 heterocycles. The average molecular weight is 469 g/mol. The summed E-state index contributed by atoms with van der Waals surface area (Å²) in [6, 6.07) is 14.2. The van der Waals surface area contributed by atoms with Crippen molar-refractivity contribution < 1.29 is 24.2 Å². The second-order valence-corrected chi connectivity index (χ2v) is 6.82. The predicted octanol–water partition coefficient (Wildman–Crippen LogP) is 4.14. The number of hydrazone groups is 1. The Morgan fingerprint density at radius 1 is 0.879 bits per heavy atom. The van der Waals surface area contributed by atoms with Crippen LogP contribution in [0, 0.1) is 20.2 Å². The van der Waals surface area contributed by atoms with Crippen LogP contribution in [0.15, 0.2) is 71.8 Å². The van der Waals surface area contributed by atoms with Gasteiger partial charge in [0.05, 0.1) is 21.6 Å². The molecule has 0 aliphatic rings. The standard InChI is InChI=1S/C21H13ClN4O7/c22-16-5-1-13(2-6-16)20(27)24-23-12-15-11-18(26(31)32)9-10-19(15)33-21(28)14-3-7-17(8-4-14)25(29)30/h1-12H,(H,24,27)/b23-12+. The second-order valence-electron chi connectivity index (χ2n) is 6.38. The third-order valence-electron chi connectivity index (χ3n) is 4.20. The SMILES string of the molecule is O=C(N/N=C/c1cc([N+](=O)[O-])ccc1OC(=O)c1ccc([N+](=O)[O-])cc1)c1ccc(Cl)cc1. The van der Waals surface area contributed by atoms with Crippen LogP contribution in [0.1, 0.15) is 26.3 Å². The number of halogens is 1. The van der Waals surface area contributed by atoms with E-state index >= 15 is 0 Å². The smallest absolute Gasteiger partial charge is 0.343 e. The number of ether oxygens (including phenoxy) is 1. The highest BCUT2D eigenvalue weighted by Crippen LogP contribution is 2.24. The van der Waals surface area contributed by atoms with E-state index in [0.29, 0.717) is 5.02 Å². The summed E-state index contributed by atoms with van der Waals surface area (Å²) in [6.07, 6.45) is 1.08. The number of amides is 1. The second kappa shape index (κ2) is 10.1. The fourth-order valence-electron chi connectivity index (χ4n) is 2.55. The molecule has 3 rings (SSSR count). The topological polar surface area (TPSA) is 154 Å². The lowest BCUT2D eigenvalue weighted by atomic mass is 10.2. The van der Waals surface area contributed by atoms with Gasteiger partial charge in [-0.15, -0.1) is 0 Å². The summed E-state index contributed by atoms with van der Waals surface area (Å²) >= 11 is 5.78. The van der Waals surface area contributed by atoms with E-state index in [2.05, 4.69) is 10.5 Å². The molecule has 0 saturated heterocycles. The third-order valence-corrected chi connectivity index (χ3v) is 4.45. The van der Waals surface area contributed by atoms with Crippen LogP contribution in [-0.4, -0.2) is 27.9 Å². The van der Waals surface area contributed by atoms with E-state index in [0.717, 1.165) is 30.5 Å². The molecule has 0 fully saturated rings. The number of nitro groups is 2. The normalized spacial score (nSPS) is 10.6. The molecule has 3 aromatic rings. The summed E-state index contributed by atoms with van der Waals surface area (Å²) < 4.78 is 5.27. The van der Waals surface area contributed by atoms with E-state index in [1.165, 1.54) is 42.5 Å². The number of benzene rings is 3. The molecule has 0 bridgehead atoms. The minimum atomic E-state index is -0.849. The number of esters is 1. The van der Waals surface area contributed by atoms with Crippen molar-refractivity contribution in [3.63, 3.8) is 0 Å². The first-order chi connectivity index (χ1) is 15.7. The van der Waals surface area contributed by atoms with Crippen LogP contribution in [0.2, 0.25) is 5.02 Å². The number of rotatable bonds is 7. The highest BCUT2D eigenvalue weighted by molar-refractivity contribution is 6.30. The molecule has 1 N–H and O–H groups in total. The molecule has 33 heavy (non-hydrogen) atoms. The minimum Gasteiger partial charge on any atom is -0.422 e. The summed E-state index contributed by atoms with van der Waals surface area (Å²) in [5, 5.41) is 26.1. The summed E-state index contributed by atoms with van der Waals surface area (Å²) in [7, 11) is 0. The largest absolute Gasteiger partial charge is 0.422 e. The number of hydrogen-bond acceptors (Lipinski definition) is 8. The maximum Gasteiger partial charge on any atom is 0.343 e. The fourth-order valence-corrected chi connectivity index (χ4v) is 2.67. The van der Waals surface area contributed by atoms with Gasteiger partial charge in [-0.3, -0.25) is 25.0 Å². The van der Waals surface area contributed by atoms with Gasteiger partial charge in [0.15, 0.2) is 0 Å². The number of carbonyl (C=O) groups excluding carboxylic acids is 2. The van der Waals surface area contributed by atoms with Gasteiger partial charge in [0, 0.05) is 40.4 Å². The molecule has 0 aliphatic carbocycles. The molecule has 166 valence electrons. The maximum absolute atomic E-state index is 12.4. The van der Waals surface area contributed by atoms with Crippen molar-refractivity contribution in [1.29, 1.82) is 0 Å². The molecule has 12 heteroatoms. The molecule has 0 radical (unpaired) electrons. The van der Waals surface area contributed by atoms with E-state index in [1.807, 2.05) is 0 Å². The molecular formula is C21H13ClN4O7. The average Bonchev–Trinajstić information content (AvgIpc) is 2.80. The highest BCUT2D eigenvalue weighted by Gasteiger charge is 2.16. The predicted molar refractivity (Wildman–Crippen MR) is 118 cm³/mol. The molecule has 0 aliphatic heterocycles. The lowest BCUT2D eigenvalue weighted by Crippen LogP contribution is -2.17. The Hall–Kier alpha value is -4.64. The van der Waals surface area contributed by atoms with Crippen molar-refractivity contribution >= 4 is 41.1 Å². The van der Waals surface area contributed by atoms with Gasteiger partial charge in [-0.05, 0) is 42.5 Å². The minimum absolute atomic E-state index is 0.0258. The molecule has 0 unspecified atom stereocenters. The van der Waals surface area contributed by atoms with Crippen LogP contribution in [-0.2, 0) is 0 Å². The number of nitro benzene ring substituents is 2. The number of carbonyl (C=O) groups is 2. The van der Waals surface area contributed by atoms with E-state index in [9.17, 15) is 29.8 Å². The van der Waals surface area contributed by atoms with Crippen LogP contribution in [0.4, 0.5) is 11.4 Å². The Labute approximate surface area is 190 Å². The Bertz CT molecular complexity index is 1260. The summed E-state index contributed by atoms with van der Waals surface area (Å²) in [4.78, 5) is 45.1. The van der Waals surface area contributed by atoms with E-state index in [-0.39, 0.29) is 33.8 Å². The van der Waals surface area contributed by atoms with Gasteiger partial charge in [0.25, 0.3) is 17.3 Å². The van der Waals surface area contributed by atoms with Crippen molar-refractivity contribution in [3.05, 3.63) is 109 Å². The van der Waals surface area contributed by atoms with Crippen LogP contribution in [0.5, 0.6) is 5.75 Å². The number of non-ortho nitro benzene ring substituents is 2. The lowest BCUT2D eigenvalue weighted by Gasteiger charge is -2.07. The van der Waals surface area contributed by atoms with Crippen LogP contribution >= 0.6 is 11.6 Å². The van der Waals surface area contributed by atoms with Crippen LogP contribution in [0.25, 0.3) is 0 Å². The molecule has 0 spiro atoms. The summed E-state index contributed by atoms with van der Waals surface area (Å²) in [5.74, 6) is -1.48. The Balaban J connectivity index is 1.80. The number of hydrogen-bond donors (Lipinski definition) is 1. The van der Waals surface area contributed by atoms with Gasteiger partial charge in [-0.2, -0.15) is 5.10 Å². The molecular weight excluding hydrogens is 456 g/mol. The van der Waals surface area contributed by atoms with Crippen molar-refractivity contribution in [1.82, 2.24) is 5.43 Å². The van der Waals surface area contributed by atoms with Gasteiger partial charge < -0.3 is 4.74 Å². The van der Waals surface area contributed by atoms with Crippen molar-refractivity contribution in [2.75, 3.05) is 0 Å². The van der Waals surface area contributed by atoms with Crippen molar-refractivity contribution in [3.8, 4) is 5.75 Å². The highest BCUT2D eigenvalue weighted by atomic mass is 35.5. The van der Waals surface area contributed by atoms with Gasteiger partial charge in [0.2, 0.25) is 0 Å². The van der Waals surface area contributed by atoms with Gasteiger partial charge >= 0.3 is 5.97 Å². The summed E-state index contributed by atoms with van der Waals surface area (Å²) in [6.45, 7) is 0. The van der Waals surface area contributed by atoms with E-state index in [4.69, 9.17) is 16.3 Å². The fraction of sp³-hybridized carbons (Fsp3) is 0.